The van der Waals surface area contributed by atoms with Crippen molar-refractivity contribution in [2.75, 3.05) is 23.8 Å². The van der Waals surface area contributed by atoms with E-state index in [2.05, 4.69) is 5.32 Å². The molecule has 32 heavy (non-hydrogen) atoms. The Morgan fingerprint density at radius 3 is 2.41 bits per heavy atom. The monoisotopic (exact) mass is 463 g/mol. The normalized spacial score (nSPS) is 14.9. The number of non-ortho nitro benzene ring substituents is 1. The minimum Gasteiger partial charge on any atom is -0.486 e. The van der Waals surface area contributed by atoms with Crippen molar-refractivity contribution in [3.63, 3.8) is 0 Å². The topological polar surface area (TPSA) is 128 Å². The molecule has 0 saturated heterocycles. The highest BCUT2D eigenvalue weighted by Gasteiger charge is 2.32. The van der Waals surface area contributed by atoms with Gasteiger partial charge in [0.1, 0.15) is 19.3 Å². The summed E-state index contributed by atoms with van der Waals surface area (Å²) in [6, 6.07) is 7.61. The Hall–Kier alpha value is -3.34. The number of carbonyl (C=O) groups is 1. The van der Waals surface area contributed by atoms with Crippen LogP contribution in [0.25, 0.3) is 0 Å². The van der Waals surface area contributed by atoms with Crippen molar-refractivity contribution in [2.24, 2.45) is 0 Å². The number of nitro groups is 1. The number of benzene rings is 2. The number of ether oxygens (including phenoxy) is 2. The first-order valence-corrected chi connectivity index (χ1v) is 11.8. The summed E-state index contributed by atoms with van der Waals surface area (Å²) in [6.07, 6.45) is 0.958. The third-order valence-corrected chi connectivity index (χ3v) is 6.38. The van der Waals surface area contributed by atoms with Crippen LogP contribution in [0.3, 0.4) is 0 Å². The summed E-state index contributed by atoms with van der Waals surface area (Å²) in [5.74, 6) is 0.646. The van der Waals surface area contributed by atoms with Crippen molar-refractivity contribution < 1.29 is 27.6 Å². The number of carbonyl (C=O) groups excluding carboxylic acids is 1. The zero-order valence-corrected chi connectivity index (χ0v) is 19.0. The zero-order chi connectivity index (χ0) is 23.6. The van der Waals surface area contributed by atoms with Crippen LogP contribution in [0.5, 0.6) is 11.5 Å². The van der Waals surface area contributed by atoms with Crippen LogP contribution < -0.4 is 19.1 Å². The van der Waals surface area contributed by atoms with Crippen LogP contribution >= 0.6 is 0 Å². The summed E-state index contributed by atoms with van der Waals surface area (Å²) >= 11 is 0. The van der Waals surface area contributed by atoms with Gasteiger partial charge in [0.2, 0.25) is 15.9 Å². The molecular formula is C21H25N3O7S. The lowest BCUT2D eigenvalue weighted by molar-refractivity contribution is -0.384. The van der Waals surface area contributed by atoms with Crippen LogP contribution in [0.4, 0.5) is 11.4 Å². The van der Waals surface area contributed by atoms with Gasteiger partial charge in [0.15, 0.2) is 11.5 Å². The van der Waals surface area contributed by atoms with Crippen molar-refractivity contribution in [3.05, 3.63) is 57.6 Å². The lowest BCUT2D eigenvalue weighted by Gasteiger charge is -2.30. The number of nitro benzene ring substituents is 1. The second-order valence-corrected chi connectivity index (χ2v) is 9.46. The fourth-order valence-electron chi connectivity index (χ4n) is 3.48. The molecule has 1 heterocycles. The van der Waals surface area contributed by atoms with Gasteiger partial charge >= 0.3 is 0 Å². The molecule has 2 atom stereocenters. The highest BCUT2D eigenvalue weighted by Crippen LogP contribution is 2.33. The molecule has 3 rings (SSSR count). The van der Waals surface area contributed by atoms with Crippen molar-refractivity contribution in [3.8, 4) is 11.5 Å². The highest BCUT2D eigenvalue weighted by molar-refractivity contribution is 7.92. The van der Waals surface area contributed by atoms with E-state index in [9.17, 15) is 23.3 Å². The molecule has 0 aliphatic carbocycles. The lowest BCUT2D eigenvalue weighted by atomic mass is 10.1. The quantitative estimate of drug-likeness (QED) is 0.494. The molecule has 2 aromatic rings. The van der Waals surface area contributed by atoms with Gasteiger partial charge in [0.05, 0.1) is 22.9 Å². The fraction of sp³-hybridized carbons (Fsp3) is 0.381. The number of rotatable bonds is 7. The number of nitrogens with one attached hydrogen (secondary N) is 1. The van der Waals surface area contributed by atoms with Gasteiger partial charge < -0.3 is 14.8 Å². The van der Waals surface area contributed by atoms with E-state index in [1.165, 1.54) is 19.1 Å². The Kier molecular flexibility index (Phi) is 6.58. The predicted molar refractivity (Wildman–Crippen MR) is 119 cm³/mol. The van der Waals surface area contributed by atoms with Crippen LogP contribution in [0, 0.1) is 17.0 Å². The van der Waals surface area contributed by atoms with Gasteiger partial charge in [-0.2, -0.15) is 0 Å². The van der Waals surface area contributed by atoms with Crippen LogP contribution in [-0.2, 0) is 14.8 Å². The van der Waals surface area contributed by atoms with Crippen LogP contribution in [0.1, 0.15) is 31.0 Å². The first kappa shape index (κ1) is 23.3. The first-order chi connectivity index (χ1) is 15.0. The molecular weight excluding hydrogens is 438 g/mol. The summed E-state index contributed by atoms with van der Waals surface area (Å²) in [5, 5.41) is 14.0. The summed E-state index contributed by atoms with van der Waals surface area (Å²) in [7, 11) is -3.93. The predicted octanol–water partition coefficient (Wildman–Crippen LogP) is 2.71. The second-order valence-electron chi connectivity index (χ2n) is 7.60. The Bertz CT molecular complexity index is 1150. The van der Waals surface area contributed by atoms with Gasteiger partial charge in [-0.25, -0.2) is 8.42 Å². The number of hydrogen-bond acceptors (Lipinski definition) is 7. The maximum Gasteiger partial charge on any atom is 0.271 e. The highest BCUT2D eigenvalue weighted by atomic mass is 32.2. The Labute approximate surface area is 186 Å². The molecule has 0 unspecified atom stereocenters. The number of nitrogens with zero attached hydrogens (tertiary/aromatic N) is 2. The number of aryl methyl sites for hydroxylation is 1. The molecule has 0 saturated carbocycles. The SMILES string of the molecule is Cc1ccc([N+](=O)[O-])cc1N([C@@H](C)C(=O)N[C@@H](C)c1ccc2c(c1)OCCO2)S(C)(=O)=O. The van der Waals surface area contributed by atoms with Crippen molar-refractivity contribution in [1.29, 1.82) is 0 Å². The molecule has 0 radical (unpaired) electrons. The van der Waals surface area contributed by atoms with E-state index in [1.807, 2.05) is 0 Å². The molecule has 1 aliphatic rings. The average Bonchev–Trinajstić information content (AvgIpc) is 2.73. The molecule has 1 N–H and O–H groups in total. The standard InChI is InChI=1S/C21H25N3O7S/c1-13-5-7-17(24(26)27)12-18(13)23(32(4,28)29)15(3)21(25)22-14(2)16-6-8-19-20(11-16)31-10-9-30-19/h5-8,11-12,14-15H,9-10H2,1-4H3,(H,22,25)/t14-,15-/m0/s1. The zero-order valence-electron chi connectivity index (χ0n) is 18.2. The van der Waals surface area contributed by atoms with Gasteiger partial charge in [-0.05, 0) is 44.0 Å². The van der Waals surface area contributed by atoms with Crippen LogP contribution in [0.15, 0.2) is 36.4 Å². The van der Waals surface area contributed by atoms with E-state index >= 15 is 0 Å². The molecule has 0 fully saturated rings. The van der Waals surface area contributed by atoms with E-state index in [0.29, 0.717) is 30.3 Å². The molecule has 172 valence electrons. The number of anilines is 1. The average molecular weight is 464 g/mol. The summed E-state index contributed by atoms with van der Waals surface area (Å²) < 4.78 is 37.1. The van der Waals surface area contributed by atoms with Gasteiger partial charge in [0.25, 0.3) is 5.69 Å². The molecule has 0 aromatic heterocycles. The fourth-order valence-corrected chi connectivity index (χ4v) is 4.70. The van der Waals surface area contributed by atoms with E-state index in [4.69, 9.17) is 9.47 Å². The summed E-state index contributed by atoms with van der Waals surface area (Å²) in [4.78, 5) is 23.6. The van der Waals surface area contributed by atoms with E-state index in [0.717, 1.165) is 22.2 Å². The minimum absolute atomic E-state index is 0.0799. The maximum absolute atomic E-state index is 13.0. The largest absolute Gasteiger partial charge is 0.486 e. The van der Waals surface area contributed by atoms with Crippen molar-refractivity contribution >= 4 is 27.3 Å². The van der Waals surface area contributed by atoms with Gasteiger partial charge in [-0.15, -0.1) is 0 Å². The first-order valence-electron chi connectivity index (χ1n) is 9.93. The number of fused-ring (bicyclic) bond motifs is 1. The second kappa shape index (κ2) is 9.03. The number of hydrogen-bond donors (Lipinski definition) is 1. The molecule has 11 heteroatoms. The van der Waals surface area contributed by atoms with E-state index in [-0.39, 0.29) is 11.4 Å². The number of amides is 1. The number of sulfonamides is 1. The van der Waals surface area contributed by atoms with Crippen molar-refractivity contribution in [2.45, 2.75) is 32.9 Å². The van der Waals surface area contributed by atoms with E-state index < -0.39 is 32.9 Å². The molecule has 1 amide bonds. The Morgan fingerprint density at radius 1 is 1.12 bits per heavy atom. The summed E-state index contributed by atoms with van der Waals surface area (Å²) in [6.45, 7) is 5.72. The molecule has 0 bridgehead atoms. The van der Waals surface area contributed by atoms with Crippen molar-refractivity contribution in [1.82, 2.24) is 5.32 Å². The Balaban J connectivity index is 1.86. The van der Waals surface area contributed by atoms with Gasteiger partial charge in [-0.1, -0.05) is 12.1 Å². The van der Waals surface area contributed by atoms with E-state index in [1.54, 1.807) is 32.0 Å². The summed E-state index contributed by atoms with van der Waals surface area (Å²) in [5.41, 5.74) is 1.06. The maximum atomic E-state index is 13.0. The smallest absolute Gasteiger partial charge is 0.271 e. The van der Waals surface area contributed by atoms with Gasteiger partial charge in [0, 0.05) is 12.1 Å². The van der Waals surface area contributed by atoms with Crippen LogP contribution in [-0.4, -0.2) is 44.8 Å². The lowest BCUT2D eigenvalue weighted by Crippen LogP contribution is -2.48. The molecule has 0 spiro atoms. The Morgan fingerprint density at radius 2 is 1.78 bits per heavy atom. The molecule has 10 nitrogen and oxygen atoms in total. The minimum atomic E-state index is -3.93. The molecule has 1 aliphatic heterocycles. The third-order valence-electron chi connectivity index (χ3n) is 5.15. The molecule has 2 aromatic carbocycles. The van der Waals surface area contributed by atoms with Gasteiger partial charge in [-0.3, -0.25) is 19.2 Å². The van der Waals surface area contributed by atoms with Crippen LogP contribution in [0.2, 0.25) is 0 Å². The third kappa shape index (κ3) is 4.93.